The molecule has 0 heterocycles. The summed E-state index contributed by atoms with van der Waals surface area (Å²) in [5, 5.41) is 0. The summed E-state index contributed by atoms with van der Waals surface area (Å²) in [7, 11) is 0. The molecule has 0 saturated heterocycles. The zero-order valence-corrected chi connectivity index (χ0v) is 5.19. The maximum Gasteiger partial charge on any atom is 0.198 e. The molecule has 0 aliphatic carbocycles. The topological polar surface area (TPSA) is 18.5 Å². The minimum atomic E-state index is -1.22. The van der Waals surface area contributed by atoms with Gasteiger partial charge in [0.25, 0.3) is 0 Å². The highest BCUT2D eigenvalue weighted by atomic mass is 19.1. The van der Waals surface area contributed by atoms with Crippen LogP contribution in [-0.4, -0.2) is 19.8 Å². The SMILES string of the molecule is CCOCOC(C)F. The van der Waals surface area contributed by atoms with Crippen molar-refractivity contribution in [1.29, 1.82) is 0 Å². The molecule has 0 fully saturated rings. The lowest BCUT2D eigenvalue weighted by molar-refractivity contribution is -0.124. The van der Waals surface area contributed by atoms with Crippen LogP contribution >= 0.6 is 0 Å². The summed E-state index contributed by atoms with van der Waals surface area (Å²) in [6.45, 7) is 3.76. The first-order valence-corrected chi connectivity index (χ1v) is 2.60. The van der Waals surface area contributed by atoms with Crippen molar-refractivity contribution in [1.82, 2.24) is 0 Å². The Bertz CT molecular complexity index is 47.7. The Morgan fingerprint density at radius 1 is 1.62 bits per heavy atom. The van der Waals surface area contributed by atoms with E-state index in [2.05, 4.69) is 9.47 Å². The van der Waals surface area contributed by atoms with E-state index in [1.54, 1.807) is 0 Å². The Labute approximate surface area is 48.6 Å². The molecule has 0 radical (unpaired) electrons. The first kappa shape index (κ1) is 7.85. The molecule has 0 amide bonds. The molecule has 0 bridgehead atoms. The van der Waals surface area contributed by atoms with Gasteiger partial charge >= 0.3 is 0 Å². The van der Waals surface area contributed by atoms with Gasteiger partial charge in [0.05, 0.1) is 0 Å². The third-order valence-corrected chi connectivity index (χ3v) is 0.585. The molecule has 0 spiro atoms. The Kier molecular flexibility index (Phi) is 4.90. The lowest BCUT2D eigenvalue weighted by atomic mass is 10.8. The summed E-state index contributed by atoms with van der Waals surface area (Å²) >= 11 is 0. The van der Waals surface area contributed by atoms with Crippen molar-refractivity contribution < 1.29 is 13.9 Å². The highest BCUT2D eigenvalue weighted by Crippen LogP contribution is 1.89. The van der Waals surface area contributed by atoms with Gasteiger partial charge in [0, 0.05) is 6.61 Å². The minimum absolute atomic E-state index is 0.0498. The van der Waals surface area contributed by atoms with Crippen molar-refractivity contribution in [2.45, 2.75) is 20.2 Å². The van der Waals surface area contributed by atoms with Crippen LogP contribution in [0.4, 0.5) is 4.39 Å². The van der Waals surface area contributed by atoms with Crippen molar-refractivity contribution in [3.05, 3.63) is 0 Å². The van der Waals surface area contributed by atoms with Crippen LogP contribution in [-0.2, 0) is 9.47 Å². The highest BCUT2D eigenvalue weighted by molar-refractivity contribution is 4.17. The average Bonchev–Trinajstić information content (AvgIpc) is 1.66. The van der Waals surface area contributed by atoms with Crippen LogP contribution in [0, 0.1) is 0 Å². The third kappa shape index (κ3) is 5.85. The molecule has 0 aromatic carbocycles. The molecule has 0 aliphatic heterocycles. The number of halogens is 1. The second-order valence-corrected chi connectivity index (χ2v) is 1.32. The van der Waals surface area contributed by atoms with E-state index >= 15 is 0 Å². The number of alkyl halides is 1. The normalized spacial score (nSPS) is 13.9. The smallest absolute Gasteiger partial charge is 0.198 e. The van der Waals surface area contributed by atoms with E-state index in [1.807, 2.05) is 6.92 Å². The van der Waals surface area contributed by atoms with Gasteiger partial charge in [-0.25, -0.2) is 4.39 Å². The molecule has 50 valence electrons. The van der Waals surface area contributed by atoms with Gasteiger partial charge in [0.1, 0.15) is 6.79 Å². The molecule has 0 aromatic rings. The number of rotatable bonds is 4. The Morgan fingerprint density at radius 3 is 2.62 bits per heavy atom. The summed E-state index contributed by atoms with van der Waals surface area (Å²) in [6, 6.07) is 0. The van der Waals surface area contributed by atoms with Crippen LogP contribution in [0.1, 0.15) is 13.8 Å². The molecule has 0 aromatic heterocycles. The minimum Gasteiger partial charge on any atom is -0.356 e. The van der Waals surface area contributed by atoms with Crippen LogP contribution in [0.15, 0.2) is 0 Å². The van der Waals surface area contributed by atoms with Gasteiger partial charge in [-0.1, -0.05) is 0 Å². The summed E-state index contributed by atoms with van der Waals surface area (Å²) in [6.07, 6.45) is -1.22. The molecular weight excluding hydrogens is 111 g/mol. The van der Waals surface area contributed by atoms with Gasteiger partial charge < -0.3 is 9.47 Å². The molecule has 0 rings (SSSR count). The summed E-state index contributed by atoms with van der Waals surface area (Å²) < 4.78 is 20.8. The van der Waals surface area contributed by atoms with E-state index in [9.17, 15) is 4.39 Å². The maximum absolute atomic E-state index is 11.7. The van der Waals surface area contributed by atoms with E-state index in [0.29, 0.717) is 6.61 Å². The van der Waals surface area contributed by atoms with Crippen LogP contribution in [0.25, 0.3) is 0 Å². The van der Waals surface area contributed by atoms with Gasteiger partial charge in [-0.3, -0.25) is 0 Å². The molecule has 3 heteroatoms. The van der Waals surface area contributed by atoms with Crippen molar-refractivity contribution in [3.63, 3.8) is 0 Å². The Morgan fingerprint density at radius 2 is 2.25 bits per heavy atom. The fourth-order valence-corrected chi connectivity index (χ4v) is 0.225. The largest absolute Gasteiger partial charge is 0.356 e. The predicted octanol–water partition coefficient (Wildman–Crippen LogP) is 1.31. The van der Waals surface area contributed by atoms with E-state index in [0.717, 1.165) is 0 Å². The first-order chi connectivity index (χ1) is 3.77. The fraction of sp³-hybridized carbons (Fsp3) is 1.00. The summed E-state index contributed by atoms with van der Waals surface area (Å²) in [5.74, 6) is 0. The van der Waals surface area contributed by atoms with Gasteiger partial charge in [0.15, 0.2) is 6.36 Å². The van der Waals surface area contributed by atoms with E-state index in [1.165, 1.54) is 6.92 Å². The Hall–Kier alpha value is -0.150. The van der Waals surface area contributed by atoms with Crippen LogP contribution in [0.5, 0.6) is 0 Å². The van der Waals surface area contributed by atoms with Gasteiger partial charge in [0.2, 0.25) is 0 Å². The van der Waals surface area contributed by atoms with Gasteiger partial charge in [-0.05, 0) is 13.8 Å². The first-order valence-electron chi connectivity index (χ1n) is 2.60. The zero-order valence-electron chi connectivity index (χ0n) is 5.19. The number of hydrogen-bond donors (Lipinski definition) is 0. The van der Waals surface area contributed by atoms with E-state index in [-0.39, 0.29) is 6.79 Å². The van der Waals surface area contributed by atoms with E-state index < -0.39 is 6.36 Å². The summed E-state index contributed by atoms with van der Waals surface area (Å²) in [5.41, 5.74) is 0. The van der Waals surface area contributed by atoms with E-state index in [4.69, 9.17) is 0 Å². The number of ether oxygens (including phenoxy) is 2. The van der Waals surface area contributed by atoms with Crippen molar-refractivity contribution in [2.24, 2.45) is 0 Å². The Balaban J connectivity index is 2.72. The lowest BCUT2D eigenvalue weighted by Gasteiger charge is -2.02. The molecule has 0 saturated carbocycles. The van der Waals surface area contributed by atoms with Crippen LogP contribution in [0.3, 0.4) is 0 Å². The second-order valence-electron chi connectivity index (χ2n) is 1.32. The van der Waals surface area contributed by atoms with Crippen molar-refractivity contribution in [3.8, 4) is 0 Å². The quantitative estimate of drug-likeness (QED) is 0.413. The van der Waals surface area contributed by atoms with Gasteiger partial charge in [-0.2, -0.15) is 0 Å². The lowest BCUT2D eigenvalue weighted by Crippen LogP contribution is -2.04. The van der Waals surface area contributed by atoms with Crippen LogP contribution < -0.4 is 0 Å². The molecule has 2 nitrogen and oxygen atoms in total. The third-order valence-electron chi connectivity index (χ3n) is 0.585. The van der Waals surface area contributed by atoms with Gasteiger partial charge in [-0.15, -0.1) is 0 Å². The molecule has 0 aliphatic rings. The number of hydrogen-bond acceptors (Lipinski definition) is 2. The van der Waals surface area contributed by atoms with Crippen molar-refractivity contribution in [2.75, 3.05) is 13.4 Å². The second kappa shape index (κ2) is 5.00. The average molecular weight is 122 g/mol. The monoisotopic (exact) mass is 122 g/mol. The zero-order chi connectivity index (χ0) is 6.41. The molecule has 1 atom stereocenters. The van der Waals surface area contributed by atoms with Crippen molar-refractivity contribution >= 4 is 0 Å². The maximum atomic E-state index is 11.7. The molecule has 1 unspecified atom stereocenters. The van der Waals surface area contributed by atoms with Crippen LogP contribution in [0.2, 0.25) is 0 Å². The predicted molar refractivity (Wildman–Crippen MR) is 28.1 cm³/mol. The highest BCUT2D eigenvalue weighted by Gasteiger charge is 1.93. The molecule has 0 N–H and O–H groups in total. The summed E-state index contributed by atoms with van der Waals surface area (Å²) in [4.78, 5) is 0. The molecule has 8 heavy (non-hydrogen) atoms. The fourth-order valence-electron chi connectivity index (χ4n) is 0.225. The molecular formula is C5H11FO2. The standard InChI is InChI=1S/C5H11FO2/c1-3-7-4-8-5(2)6/h5H,3-4H2,1-2H3.